The van der Waals surface area contributed by atoms with E-state index in [-0.39, 0.29) is 35.6 Å². The molecule has 37 heavy (non-hydrogen) atoms. The molecule has 3 heterocycles. The number of piperidine rings is 1. The minimum atomic E-state index is -3.16. The molecule has 3 aliphatic heterocycles. The van der Waals surface area contributed by atoms with E-state index in [4.69, 9.17) is 5.11 Å². The number of anilines is 2. The van der Waals surface area contributed by atoms with Gasteiger partial charge in [0.25, 0.3) is 0 Å². The molecule has 0 aliphatic carbocycles. The zero-order valence-corrected chi connectivity index (χ0v) is 22.2. The summed E-state index contributed by atoms with van der Waals surface area (Å²) in [4.78, 5) is 31.6. The average Bonchev–Trinajstić information content (AvgIpc) is 3.34. The Bertz CT molecular complexity index is 1270. The van der Waals surface area contributed by atoms with Gasteiger partial charge in [0.2, 0.25) is 5.91 Å². The average molecular weight is 542 g/mol. The maximum absolute atomic E-state index is 12.3. The monoisotopic (exact) mass is 541 g/mol. The first-order valence-electron chi connectivity index (χ1n) is 12.7. The quantitative estimate of drug-likeness (QED) is 0.567. The van der Waals surface area contributed by atoms with Crippen LogP contribution in [0.3, 0.4) is 0 Å². The number of nitrogens with zero attached hydrogens (tertiary/aromatic N) is 3. The number of carboxylic acid groups (broad SMARTS) is 1. The van der Waals surface area contributed by atoms with Gasteiger partial charge in [0, 0.05) is 36.1 Å². The lowest BCUT2D eigenvalue weighted by Gasteiger charge is -2.34. The van der Waals surface area contributed by atoms with Crippen LogP contribution in [0.2, 0.25) is 0 Å². The smallest absolute Gasteiger partial charge is 0.303 e. The van der Waals surface area contributed by atoms with Crippen molar-refractivity contribution in [3.8, 4) is 0 Å². The highest BCUT2D eigenvalue weighted by Gasteiger charge is 2.49. The van der Waals surface area contributed by atoms with Crippen LogP contribution in [-0.2, 0) is 25.8 Å². The zero-order valence-electron chi connectivity index (χ0n) is 20.5. The molecule has 1 N–H and O–H groups in total. The van der Waals surface area contributed by atoms with E-state index in [1.807, 2.05) is 17.0 Å². The molecular formula is C27H31N3O5S2. The molecule has 5 rings (SSSR count). The topological polar surface area (TPSA) is 107 Å². The van der Waals surface area contributed by atoms with Crippen molar-refractivity contribution in [3.63, 3.8) is 0 Å². The van der Waals surface area contributed by atoms with Gasteiger partial charge >= 0.3 is 5.97 Å². The fourth-order valence-corrected chi connectivity index (χ4v) is 9.34. The summed E-state index contributed by atoms with van der Waals surface area (Å²) in [6, 6.07) is 18.4. The van der Waals surface area contributed by atoms with Crippen LogP contribution in [0.15, 0.2) is 59.6 Å². The standard InChI is InChI=1S/C27H31N3O5S2/c31-25(10-11-26(32)33)28-27-30(23-17-37(34,35)18-24(23)36-27)22-8-6-21(7-9-22)29-14-12-20(13-15-29)16-19-4-2-1-3-5-19/h1-9,20,23-24H,10-18H2,(H,32,33)/t23-,24-/m1/s1. The number of hydrogen-bond donors (Lipinski definition) is 1. The second-order valence-electron chi connectivity index (χ2n) is 9.99. The minimum Gasteiger partial charge on any atom is -0.481 e. The maximum atomic E-state index is 12.3. The molecule has 3 aliphatic rings. The van der Waals surface area contributed by atoms with Gasteiger partial charge in [-0.1, -0.05) is 42.1 Å². The second-order valence-corrected chi connectivity index (χ2v) is 13.3. The first-order valence-corrected chi connectivity index (χ1v) is 15.4. The summed E-state index contributed by atoms with van der Waals surface area (Å²) in [5.41, 5.74) is 3.31. The number of amidine groups is 1. The molecule has 0 unspecified atom stereocenters. The number of fused-ring (bicyclic) bond motifs is 1. The third-order valence-electron chi connectivity index (χ3n) is 7.31. The van der Waals surface area contributed by atoms with Crippen molar-refractivity contribution >= 4 is 50.0 Å². The number of carboxylic acids is 1. The van der Waals surface area contributed by atoms with Crippen molar-refractivity contribution in [1.29, 1.82) is 0 Å². The van der Waals surface area contributed by atoms with Gasteiger partial charge in [-0.25, -0.2) is 8.42 Å². The van der Waals surface area contributed by atoms with Crippen molar-refractivity contribution in [3.05, 3.63) is 60.2 Å². The Balaban J connectivity index is 1.28. The highest BCUT2D eigenvalue weighted by atomic mass is 32.2. The number of aliphatic imine (C=N–C) groups is 1. The van der Waals surface area contributed by atoms with Crippen molar-refractivity contribution in [2.45, 2.75) is 43.4 Å². The Morgan fingerprint density at radius 1 is 0.946 bits per heavy atom. The van der Waals surface area contributed by atoms with E-state index in [1.165, 1.54) is 17.3 Å². The molecule has 10 heteroatoms. The van der Waals surface area contributed by atoms with E-state index in [9.17, 15) is 18.0 Å². The fraction of sp³-hybridized carbons (Fsp3) is 0.444. The number of carbonyl (C=O) groups excluding carboxylic acids is 1. The highest BCUT2D eigenvalue weighted by Crippen LogP contribution is 2.41. The van der Waals surface area contributed by atoms with Crippen molar-refractivity contribution in [2.75, 3.05) is 34.4 Å². The molecule has 0 saturated carbocycles. The summed E-state index contributed by atoms with van der Waals surface area (Å²) in [5, 5.41) is 9.13. The van der Waals surface area contributed by atoms with Gasteiger partial charge in [-0.05, 0) is 55.0 Å². The van der Waals surface area contributed by atoms with E-state index in [0.29, 0.717) is 11.1 Å². The number of sulfone groups is 1. The molecule has 196 valence electrons. The van der Waals surface area contributed by atoms with Crippen LogP contribution in [0.25, 0.3) is 0 Å². The van der Waals surface area contributed by atoms with Gasteiger partial charge in [-0.3, -0.25) is 9.59 Å². The van der Waals surface area contributed by atoms with Gasteiger partial charge in [-0.2, -0.15) is 4.99 Å². The van der Waals surface area contributed by atoms with Gasteiger partial charge < -0.3 is 14.9 Å². The number of thioether (sulfide) groups is 1. The lowest BCUT2D eigenvalue weighted by atomic mass is 9.90. The number of carbonyl (C=O) groups is 2. The van der Waals surface area contributed by atoms with E-state index in [2.05, 4.69) is 52.4 Å². The predicted molar refractivity (Wildman–Crippen MR) is 147 cm³/mol. The first-order chi connectivity index (χ1) is 17.8. The van der Waals surface area contributed by atoms with Crippen molar-refractivity contribution < 1.29 is 23.1 Å². The molecule has 0 spiro atoms. The van der Waals surface area contributed by atoms with Crippen LogP contribution in [-0.4, -0.2) is 66.5 Å². The lowest BCUT2D eigenvalue weighted by Crippen LogP contribution is -2.38. The molecule has 1 amide bonds. The largest absolute Gasteiger partial charge is 0.481 e. The number of hydrogen-bond acceptors (Lipinski definition) is 6. The number of benzene rings is 2. The SMILES string of the molecule is O=C(O)CCC(=O)N=C1S[C@@H]2CS(=O)(=O)C[C@H]2N1c1ccc(N2CCC(Cc3ccccc3)CC2)cc1. The van der Waals surface area contributed by atoms with E-state index < -0.39 is 21.7 Å². The summed E-state index contributed by atoms with van der Waals surface area (Å²) in [6.45, 7) is 1.98. The lowest BCUT2D eigenvalue weighted by molar-refractivity contribution is -0.138. The van der Waals surface area contributed by atoms with Crippen LogP contribution < -0.4 is 9.80 Å². The van der Waals surface area contributed by atoms with Gasteiger partial charge in [0.05, 0.1) is 24.0 Å². The van der Waals surface area contributed by atoms with E-state index >= 15 is 0 Å². The fourth-order valence-electron chi connectivity index (χ4n) is 5.41. The molecule has 0 radical (unpaired) electrons. The number of amides is 1. The molecule has 3 saturated heterocycles. The Morgan fingerprint density at radius 3 is 2.30 bits per heavy atom. The summed E-state index contributed by atoms with van der Waals surface area (Å²) in [5.74, 6) is -0.806. The van der Waals surface area contributed by atoms with Crippen LogP contribution in [0.4, 0.5) is 11.4 Å². The second kappa shape index (κ2) is 10.9. The molecule has 2 atom stereocenters. The third-order valence-corrected chi connectivity index (χ3v) is 10.5. The van der Waals surface area contributed by atoms with Crippen LogP contribution >= 0.6 is 11.8 Å². The Hall–Kier alpha value is -2.85. The number of aliphatic carboxylic acids is 1. The molecule has 0 bridgehead atoms. The molecular weight excluding hydrogens is 510 g/mol. The molecule has 2 aromatic carbocycles. The van der Waals surface area contributed by atoms with Crippen LogP contribution in [0.1, 0.15) is 31.2 Å². The maximum Gasteiger partial charge on any atom is 0.303 e. The van der Waals surface area contributed by atoms with Crippen molar-refractivity contribution in [2.24, 2.45) is 10.9 Å². The third kappa shape index (κ3) is 6.18. The predicted octanol–water partition coefficient (Wildman–Crippen LogP) is 3.61. The van der Waals surface area contributed by atoms with E-state index in [0.717, 1.165) is 43.7 Å². The summed E-state index contributed by atoms with van der Waals surface area (Å²) >= 11 is 1.30. The first kappa shape index (κ1) is 25.8. The van der Waals surface area contributed by atoms with Gasteiger partial charge in [0.15, 0.2) is 15.0 Å². The summed E-state index contributed by atoms with van der Waals surface area (Å²) in [7, 11) is -3.16. The van der Waals surface area contributed by atoms with Gasteiger partial charge in [-0.15, -0.1) is 0 Å². The highest BCUT2D eigenvalue weighted by molar-refractivity contribution is 8.16. The molecule has 8 nitrogen and oxygen atoms in total. The normalized spacial score (nSPS) is 24.4. The minimum absolute atomic E-state index is 0.0175. The van der Waals surface area contributed by atoms with Crippen molar-refractivity contribution in [1.82, 2.24) is 0 Å². The summed E-state index contributed by atoms with van der Waals surface area (Å²) in [6.07, 6.45) is 2.92. The molecule has 2 aromatic rings. The Labute approximate surface area is 221 Å². The summed E-state index contributed by atoms with van der Waals surface area (Å²) < 4.78 is 24.6. The Kier molecular flexibility index (Phi) is 7.57. The Morgan fingerprint density at radius 2 is 1.62 bits per heavy atom. The van der Waals surface area contributed by atoms with Crippen LogP contribution in [0, 0.1) is 5.92 Å². The van der Waals surface area contributed by atoms with Gasteiger partial charge in [0.1, 0.15) is 0 Å². The van der Waals surface area contributed by atoms with E-state index in [1.54, 1.807) is 0 Å². The molecule has 3 fully saturated rings. The van der Waals surface area contributed by atoms with Crippen LogP contribution in [0.5, 0.6) is 0 Å². The molecule has 0 aromatic heterocycles. The zero-order chi connectivity index (χ0) is 26.0. The number of rotatable bonds is 7.